The van der Waals surface area contributed by atoms with Crippen molar-refractivity contribution in [3.63, 3.8) is 0 Å². The van der Waals surface area contributed by atoms with Crippen LogP contribution in [-0.2, 0) is 9.53 Å². The Labute approximate surface area is 149 Å². The minimum Gasteiger partial charge on any atom is -0.508 e. The van der Waals surface area contributed by atoms with Gasteiger partial charge in [-0.1, -0.05) is 29.3 Å². The van der Waals surface area contributed by atoms with Crippen LogP contribution in [0.4, 0.5) is 4.79 Å². The fourth-order valence-corrected chi connectivity index (χ4v) is 2.99. The van der Waals surface area contributed by atoms with Crippen LogP contribution in [-0.4, -0.2) is 23.7 Å². The molecule has 1 aliphatic rings. The second kappa shape index (κ2) is 8.19. The summed E-state index contributed by atoms with van der Waals surface area (Å²) in [4.78, 5) is 24.5. The number of hydrogen-bond donors (Lipinski definition) is 3. The molecule has 1 aliphatic heterocycles. The lowest BCUT2D eigenvalue weighted by molar-refractivity contribution is -0.139. The highest BCUT2D eigenvalue weighted by atomic mass is 79.9. The van der Waals surface area contributed by atoms with Crippen molar-refractivity contribution in [3.05, 3.63) is 39.5 Å². The van der Waals surface area contributed by atoms with E-state index < -0.39 is 18.0 Å². The number of hydrogen-bond acceptors (Lipinski definition) is 4. The summed E-state index contributed by atoms with van der Waals surface area (Å²) in [6.07, 6.45) is 2.31. The zero-order valence-corrected chi connectivity index (χ0v) is 15.3. The molecular weight excluding hydrogens is 376 g/mol. The molecular formula is C17H21BrN2O4. The number of aromatic hydroxyl groups is 1. The number of allylic oxidation sites excluding steroid dienone is 1. The number of unbranched alkanes of at least 4 members (excludes halogenated alkanes) is 1. The van der Waals surface area contributed by atoms with Gasteiger partial charge in [0, 0.05) is 15.7 Å². The highest BCUT2D eigenvalue weighted by molar-refractivity contribution is 9.10. The van der Waals surface area contributed by atoms with Gasteiger partial charge >= 0.3 is 12.0 Å². The van der Waals surface area contributed by atoms with Gasteiger partial charge in [0.2, 0.25) is 0 Å². The Bertz CT molecular complexity index is 673. The molecule has 0 fully saturated rings. The van der Waals surface area contributed by atoms with E-state index in [2.05, 4.69) is 26.6 Å². The lowest BCUT2D eigenvalue weighted by Crippen LogP contribution is -2.46. The van der Waals surface area contributed by atoms with Crippen LogP contribution in [0.5, 0.6) is 5.75 Å². The van der Waals surface area contributed by atoms with E-state index in [1.807, 2.05) is 6.92 Å². The quantitative estimate of drug-likeness (QED) is 0.641. The predicted molar refractivity (Wildman–Crippen MR) is 93.4 cm³/mol. The molecule has 6 nitrogen and oxygen atoms in total. The van der Waals surface area contributed by atoms with Gasteiger partial charge in [0.25, 0.3) is 0 Å². The summed E-state index contributed by atoms with van der Waals surface area (Å²) in [5.74, 6) is -0.498. The van der Waals surface area contributed by atoms with Crippen LogP contribution in [0.3, 0.4) is 0 Å². The maximum absolute atomic E-state index is 12.5. The van der Waals surface area contributed by atoms with E-state index in [4.69, 9.17) is 4.74 Å². The SMILES string of the molecule is CCCCC1=C(C(=O)OCC)C(c2cc(Br)ccc2O)NC(=O)N1. The molecule has 1 unspecified atom stereocenters. The molecule has 1 heterocycles. The second-order valence-corrected chi connectivity index (χ2v) is 6.37. The van der Waals surface area contributed by atoms with Crippen molar-refractivity contribution in [1.29, 1.82) is 0 Å². The van der Waals surface area contributed by atoms with Crippen LogP contribution in [0, 0.1) is 0 Å². The molecule has 1 atom stereocenters. The first kappa shape index (κ1) is 18.3. The van der Waals surface area contributed by atoms with E-state index in [0.717, 1.165) is 17.3 Å². The Morgan fingerprint density at radius 3 is 2.79 bits per heavy atom. The van der Waals surface area contributed by atoms with E-state index in [1.54, 1.807) is 19.1 Å². The lowest BCUT2D eigenvalue weighted by Gasteiger charge is -2.30. The van der Waals surface area contributed by atoms with E-state index in [-0.39, 0.29) is 12.4 Å². The molecule has 24 heavy (non-hydrogen) atoms. The van der Waals surface area contributed by atoms with Crippen LogP contribution in [0.1, 0.15) is 44.7 Å². The summed E-state index contributed by atoms with van der Waals surface area (Å²) in [6, 6.07) is 3.72. The third kappa shape index (κ3) is 4.08. The number of amides is 2. The van der Waals surface area contributed by atoms with Gasteiger partial charge in [-0.3, -0.25) is 0 Å². The van der Waals surface area contributed by atoms with Crippen LogP contribution in [0.15, 0.2) is 33.9 Å². The summed E-state index contributed by atoms with van der Waals surface area (Å²) in [7, 11) is 0. The summed E-state index contributed by atoms with van der Waals surface area (Å²) in [5, 5.41) is 15.6. The molecule has 0 aliphatic carbocycles. The van der Waals surface area contributed by atoms with Crippen molar-refractivity contribution in [2.45, 2.75) is 39.2 Å². The maximum Gasteiger partial charge on any atom is 0.338 e. The fourth-order valence-electron chi connectivity index (χ4n) is 2.61. The molecule has 0 bridgehead atoms. The van der Waals surface area contributed by atoms with E-state index >= 15 is 0 Å². The number of benzene rings is 1. The molecule has 0 saturated carbocycles. The van der Waals surface area contributed by atoms with Gasteiger partial charge in [0.15, 0.2) is 0 Å². The third-order valence-electron chi connectivity index (χ3n) is 3.73. The summed E-state index contributed by atoms with van der Waals surface area (Å²) in [5.41, 5.74) is 1.32. The molecule has 0 spiro atoms. The number of ether oxygens (including phenoxy) is 1. The number of rotatable bonds is 6. The molecule has 0 aromatic heterocycles. The van der Waals surface area contributed by atoms with Gasteiger partial charge in [0.1, 0.15) is 5.75 Å². The first-order chi connectivity index (χ1) is 11.5. The minimum absolute atomic E-state index is 0.00189. The zero-order valence-electron chi connectivity index (χ0n) is 13.7. The normalized spacial score (nSPS) is 17.3. The van der Waals surface area contributed by atoms with E-state index in [9.17, 15) is 14.7 Å². The molecule has 3 N–H and O–H groups in total. The Morgan fingerprint density at radius 1 is 1.38 bits per heavy atom. The van der Waals surface area contributed by atoms with Crippen molar-refractivity contribution in [2.75, 3.05) is 6.61 Å². The molecule has 0 radical (unpaired) electrons. The number of esters is 1. The topological polar surface area (TPSA) is 87.7 Å². The van der Waals surface area contributed by atoms with Crippen molar-refractivity contribution in [1.82, 2.24) is 10.6 Å². The smallest absolute Gasteiger partial charge is 0.338 e. The molecule has 2 amide bonds. The standard InChI is InChI=1S/C17H21BrN2O4/c1-3-5-6-12-14(16(22)24-4-2)15(20-17(23)19-12)11-9-10(18)7-8-13(11)21/h7-9,15,21H,3-6H2,1-2H3,(H2,19,20,23). The van der Waals surface area contributed by atoms with Crippen molar-refractivity contribution in [2.24, 2.45) is 0 Å². The number of phenolic OH excluding ortho intramolecular Hbond substituents is 1. The van der Waals surface area contributed by atoms with E-state index in [1.165, 1.54) is 6.07 Å². The lowest BCUT2D eigenvalue weighted by atomic mass is 9.93. The highest BCUT2D eigenvalue weighted by Crippen LogP contribution is 2.35. The number of carbonyl (C=O) groups is 2. The first-order valence-electron chi connectivity index (χ1n) is 7.94. The van der Waals surface area contributed by atoms with Gasteiger partial charge in [-0.2, -0.15) is 0 Å². The van der Waals surface area contributed by atoms with Crippen LogP contribution in [0.2, 0.25) is 0 Å². The highest BCUT2D eigenvalue weighted by Gasteiger charge is 2.34. The predicted octanol–water partition coefficient (Wildman–Crippen LogP) is 3.52. The molecule has 1 aromatic carbocycles. The molecule has 7 heteroatoms. The molecule has 130 valence electrons. The van der Waals surface area contributed by atoms with Gasteiger partial charge in [-0.25, -0.2) is 9.59 Å². The minimum atomic E-state index is -0.762. The van der Waals surface area contributed by atoms with Crippen molar-refractivity contribution < 1.29 is 19.4 Å². The number of halogens is 1. The number of phenols is 1. The summed E-state index contributed by atoms with van der Waals surface area (Å²) < 4.78 is 5.90. The summed E-state index contributed by atoms with van der Waals surface area (Å²) in [6.45, 7) is 3.99. The number of nitrogens with one attached hydrogen (secondary N) is 2. The van der Waals surface area contributed by atoms with Crippen LogP contribution < -0.4 is 10.6 Å². The fraction of sp³-hybridized carbons (Fsp3) is 0.412. The largest absolute Gasteiger partial charge is 0.508 e. The second-order valence-electron chi connectivity index (χ2n) is 5.45. The Kier molecular flexibility index (Phi) is 6.25. The third-order valence-corrected chi connectivity index (χ3v) is 4.22. The Morgan fingerprint density at radius 2 is 2.12 bits per heavy atom. The number of urea groups is 1. The first-order valence-corrected chi connectivity index (χ1v) is 8.73. The van der Waals surface area contributed by atoms with Gasteiger partial charge < -0.3 is 20.5 Å². The van der Waals surface area contributed by atoms with Crippen LogP contribution in [0.25, 0.3) is 0 Å². The zero-order chi connectivity index (χ0) is 17.7. The summed E-state index contributed by atoms with van der Waals surface area (Å²) >= 11 is 3.35. The van der Waals surface area contributed by atoms with Crippen LogP contribution >= 0.6 is 15.9 Å². The van der Waals surface area contributed by atoms with Gasteiger partial charge in [-0.15, -0.1) is 0 Å². The average Bonchev–Trinajstić information content (AvgIpc) is 2.54. The Hall–Kier alpha value is -2.02. The maximum atomic E-state index is 12.5. The van der Waals surface area contributed by atoms with Gasteiger partial charge in [0.05, 0.1) is 18.2 Å². The van der Waals surface area contributed by atoms with Crippen molar-refractivity contribution >= 4 is 27.9 Å². The monoisotopic (exact) mass is 396 g/mol. The Balaban J connectivity index is 2.54. The van der Waals surface area contributed by atoms with E-state index in [0.29, 0.717) is 23.3 Å². The van der Waals surface area contributed by atoms with Crippen molar-refractivity contribution in [3.8, 4) is 5.75 Å². The average molecular weight is 397 g/mol. The van der Waals surface area contributed by atoms with Gasteiger partial charge in [-0.05, 0) is 38.0 Å². The molecule has 2 rings (SSSR count). The molecule has 0 saturated heterocycles. The molecule has 1 aromatic rings. The number of carbonyl (C=O) groups excluding carboxylic acids is 2.